The van der Waals surface area contributed by atoms with E-state index in [0.717, 1.165) is 19.3 Å². The van der Waals surface area contributed by atoms with E-state index in [4.69, 9.17) is 9.84 Å². The highest BCUT2D eigenvalue weighted by Gasteiger charge is 2.42. The quantitative estimate of drug-likeness (QED) is 0.765. The summed E-state index contributed by atoms with van der Waals surface area (Å²) in [7, 11) is 1.57. The highest BCUT2D eigenvalue weighted by Crippen LogP contribution is 2.37. The Bertz CT molecular complexity index is 306. The molecule has 1 fully saturated rings. The molecular formula is C13H22N2O3. The van der Waals surface area contributed by atoms with E-state index in [0.29, 0.717) is 26.0 Å². The van der Waals surface area contributed by atoms with Crippen LogP contribution in [0.2, 0.25) is 0 Å². The number of methoxy groups -OCH3 is 1. The van der Waals surface area contributed by atoms with E-state index < -0.39 is 5.41 Å². The lowest BCUT2D eigenvalue weighted by Gasteiger charge is -2.34. The summed E-state index contributed by atoms with van der Waals surface area (Å²) in [4.78, 5) is 14.0. The van der Waals surface area contributed by atoms with E-state index in [9.17, 15) is 10.1 Å². The summed E-state index contributed by atoms with van der Waals surface area (Å²) >= 11 is 0. The van der Waals surface area contributed by atoms with Crippen molar-refractivity contribution in [2.24, 2.45) is 5.41 Å². The van der Waals surface area contributed by atoms with Crippen molar-refractivity contribution in [3.05, 3.63) is 0 Å². The third-order valence-electron chi connectivity index (χ3n) is 3.55. The molecule has 0 aromatic rings. The summed E-state index contributed by atoms with van der Waals surface area (Å²) in [6.07, 6.45) is 4.22. The molecule has 18 heavy (non-hydrogen) atoms. The number of carbonyl (C=O) groups excluding carboxylic acids is 1. The third kappa shape index (κ3) is 3.44. The van der Waals surface area contributed by atoms with Crippen LogP contribution < -0.4 is 0 Å². The summed E-state index contributed by atoms with van der Waals surface area (Å²) in [5, 5.41) is 18.4. The minimum atomic E-state index is -0.874. The van der Waals surface area contributed by atoms with E-state index in [1.165, 1.54) is 0 Å². The summed E-state index contributed by atoms with van der Waals surface area (Å²) in [6, 6.07) is 2.22. The molecule has 1 aliphatic rings. The van der Waals surface area contributed by atoms with Crippen LogP contribution in [-0.4, -0.2) is 49.3 Å². The van der Waals surface area contributed by atoms with Gasteiger partial charge in [-0.1, -0.05) is 19.3 Å². The van der Waals surface area contributed by atoms with Crippen LogP contribution in [0.15, 0.2) is 0 Å². The first kappa shape index (κ1) is 14.9. The first-order valence-electron chi connectivity index (χ1n) is 6.50. The second kappa shape index (κ2) is 7.34. The molecule has 5 heteroatoms. The Kier molecular flexibility index (Phi) is 6.10. The van der Waals surface area contributed by atoms with E-state index in [2.05, 4.69) is 6.07 Å². The Hall–Kier alpha value is -1.12. The Labute approximate surface area is 108 Å². The lowest BCUT2D eigenvalue weighted by molar-refractivity contribution is -0.141. The maximum Gasteiger partial charge on any atom is 0.243 e. The van der Waals surface area contributed by atoms with Crippen molar-refractivity contribution in [2.45, 2.75) is 32.1 Å². The van der Waals surface area contributed by atoms with Crippen molar-refractivity contribution < 1.29 is 14.6 Å². The van der Waals surface area contributed by atoms with Crippen molar-refractivity contribution in [1.29, 1.82) is 5.26 Å². The van der Waals surface area contributed by atoms with Gasteiger partial charge in [0.1, 0.15) is 5.41 Å². The molecule has 1 saturated carbocycles. The van der Waals surface area contributed by atoms with Crippen molar-refractivity contribution >= 4 is 5.91 Å². The predicted molar refractivity (Wildman–Crippen MR) is 66.7 cm³/mol. The summed E-state index contributed by atoms with van der Waals surface area (Å²) in [5.74, 6) is -0.143. The Balaban J connectivity index is 2.75. The molecule has 0 atom stereocenters. The molecule has 0 aromatic carbocycles. The molecule has 1 N–H and O–H groups in total. The van der Waals surface area contributed by atoms with Crippen LogP contribution in [0.4, 0.5) is 0 Å². The second-order valence-corrected chi connectivity index (χ2v) is 4.76. The number of carbonyl (C=O) groups is 1. The standard InChI is InChI=1S/C13H22N2O3/c1-18-10-8-15(7-9-16)12(17)13(11-14)5-3-2-4-6-13/h16H,2-10H2,1H3. The number of aliphatic hydroxyl groups is 1. The van der Waals surface area contributed by atoms with Gasteiger partial charge in [-0.3, -0.25) is 4.79 Å². The molecule has 5 nitrogen and oxygen atoms in total. The lowest BCUT2D eigenvalue weighted by Crippen LogP contribution is -2.46. The third-order valence-corrected chi connectivity index (χ3v) is 3.55. The normalized spacial score (nSPS) is 18.1. The average molecular weight is 254 g/mol. The van der Waals surface area contributed by atoms with Crippen LogP contribution in [0, 0.1) is 16.7 Å². The molecule has 1 aliphatic carbocycles. The molecule has 0 spiro atoms. The zero-order chi connectivity index (χ0) is 13.4. The highest BCUT2D eigenvalue weighted by molar-refractivity contribution is 5.85. The number of nitriles is 1. The summed E-state index contributed by atoms with van der Waals surface area (Å²) < 4.78 is 4.96. The molecular weight excluding hydrogens is 232 g/mol. The zero-order valence-corrected chi connectivity index (χ0v) is 11.0. The molecule has 0 radical (unpaired) electrons. The van der Waals surface area contributed by atoms with E-state index in [1.807, 2.05) is 0 Å². The Morgan fingerprint density at radius 3 is 2.56 bits per heavy atom. The van der Waals surface area contributed by atoms with Crippen LogP contribution in [0.1, 0.15) is 32.1 Å². The molecule has 1 amide bonds. The van der Waals surface area contributed by atoms with Gasteiger partial charge in [-0.15, -0.1) is 0 Å². The predicted octanol–water partition coefficient (Wildman–Crippen LogP) is 0.928. The van der Waals surface area contributed by atoms with Gasteiger partial charge in [-0.2, -0.15) is 5.26 Å². The van der Waals surface area contributed by atoms with Gasteiger partial charge in [0.2, 0.25) is 5.91 Å². The van der Waals surface area contributed by atoms with Crippen LogP contribution in [0.25, 0.3) is 0 Å². The maximum atomic E-state index is 12.5. The number of ether oxygens (including phenoxy) is 1. The summed E-state index contributed by atoms with van der Waals surface area (Å²) in [5.41, 5.74) is -0.874. The van der Waals surface area contributed by atoms with Gasteiger partial charge >= 0.3 is 0 Å². The maximum absolute atomic E-state index is 12.5. The fourth-order valence-electron chi connectivity index (χ4n) is 2.47. The molecule has 0 bridgehead atoms. The Morgan fingerprint density at radius 2 is 2.06 bits per heavy atom. The van der Waals surface area contributed by atoms with Crippen LogP contribution in [0.5, 0.6) is 0 Å². The van der Waals surface area contributed by atoms with Gasteiger partial charge < -0.3 is 14.7 Å². The molecule has 0 heterocycles. The first-order chi connectivity index (χ1) is 8.70. The second-order valence-electron chi connectivity index (χ2n) is 4.76. The zero-order valence-electron chi connectivity index (χ0n) is 11.0. The number of rotatable bonds is 6. The topological polar surface area (TPSA) is 73.6 Å². The van der Waals surface area contributed by atoms with Crippen molar-refractivity contribution in [3.8, 4) is 6.07 Å². The van der Waals surface area contributed by atoms with E-state index in [-0.39, 0.29) is 19.1 Å². The van der Waals surface area contributed by atoms with Crippen molar-refractivity contribution in [1.82, 2.24) is 4.90 Å². The van der Waals surface area contributed by atoms with Gasteiger partial charge in [-0.25, -0.2) is 0 Å². The monoisotopic (exact) mass is 254 g/mol. The Morgan fingerprint density at radius 1 is 1.39 bits per heavy atom. The van der Waals surface area contributed by atoms with Gasteiger partial charge in [0.15, 0.2) is 0 Å². The van der Waals surface area contributed by atoms with Crippen LogP contribution >= 0.6 is 0 Å². The highest BCUT2D eigenvalue weighted by atomic mass is 16.5. The minimum Gasteiger partial charge on any atom is -0.395 e. The fourth-order valence-corrected chi connectivity index (χ4v) is 2.47. The number of amides is 1. The van der Waals surface area contributed by atoms with Crippen LogP contribution in [-0.2, 0) is 9.53 Å². The first-order valence-corrected chi connectivity index (χ1v) is 6.50. The van der Waals surface area contributed by atoms with E-state index >= 15 is 0 Å². The summed E-state index contributed by atoms with van der Waals surface area (Å²) in [6.45, 7) is 1.04. The molecule has 0 unspecified atom stereocenters. The molecule has 1 rings (SSSR count). The molecule has 0 aromatic heterocycles. The van der Waals surface area contributed by atoms with Gasteiger partial charge in [0.25, 0.3) is 0 Å². The SMILES string of the molecule is COCCN(CCO)C(=O)C1(C#N)CCCCC1. The number of nitrogens with zero attached hydrogens (tertiary/aromatic N) is 2. The number of hydrogen-bond donors (Lipinski definition) is 1. The van der Waals surface area contributed by atoms with Gasteiger partial charge in [0, 0.05) is 20.2 Å². The lowest BCUT2D eigenvalue weighted by atomic mass is 9.74. The number of hydrogen-bond acceptors (Lipinski definition) is 4. The van der Waals surface area contributed by atoms with Crippen molar-refractivity contribution in [3.63, 3.8) is 0 Å². The smallest absolute Gasteiger partial charge is 0.243 e. The molecule has 0 saturated heterocycles. The van der Waals surface area contributed by atoms with Gasteiger partial charge in [0.05, 0.1) is 19.3 Å². The van der Waals surface area contributed by atoms with E-state index in [1.54, 1.807) is 12.0 Å². The fraction of sp³-hybridized carbons (Fsp3) is 0.846. The average Bonchev–Trinajstić information content (AvgIpc) is 2.43. The largest absolute Gasteiger partial charge is 0.395 e. The van der Waals surface area contributed by atoms with Crippen molar-refractivity contribution in [2.75, 3.05) is 33.4 Å². The number of aliphatic hydroxyl groups excluding tert-OH is 1. The molecule has 0 aliphatic heterocycles. The molecule has 102 valence electrons. The van der Waals surface area contributed by atoms with Crippen LogP contribution in [0.3, 0.4) is 0 Å². The minimum absolute atomic E-state index is 0.0863. The van der Waals surface area contributed by atoms with Gasteiger partial charge in [-0.05, 0) is 12.8 Å².